The molecule has 2 heterocycles. The van der Waals surface area contributed by atoms with Crippen LogP contribution in [0, 0.1) is 5.82 Å². The number of rotatable bonds is 6. The topological polar surface area (TPSA) is 104 Å². The van der Waals surface area contributed by atoms with Gasteiger partial charge >= 0.3 is 0 Å². The lowest BCUT2D eigenvalue weighted by molar-refractivity contribution is 0.398. The van der Waals surface area contributed by atoms with E-state index in [1.54, 1.807) is 30.5 Å². The van der Waals surface area contributed by atoms with Gasteiger partial charge in [0.1, 0.15) is 10.7 Å². The van der Waals surface area contributed by atoms with Crippen molar-refractivity contribution in [3.05, 3.63) is 65.2 Å². The van der Waals surface area contributed by atoms with Gasteiger partial charge in [-0.05, 0) is 56.6 Å². The fourth-order valence-corrected chi connectivity index (χ4v) is 4.41. The van der Waals surface area contributed by atoms with E-state index in [9.17, 15) is 12.8 Å². The van der Waals surface area contributed by atoms with Crippen LogP contribution in [0.25, 0.3) is 22.4 Å². The van der Waals surface area contributed by atoms with Gasteiger partial charge in [0, 0.05) is 29.0 Å². The molecule has 4 aromatic rings. The number of halogens is 2. The van der Waals surface area contributed by atoms with Crippen molar-refractivity contribution in [2.45, 2.75) is 11.4 Å². The van der Waals surface area contributed by atoms with Crippen molar-refractivity contribution in [2.24, 2.45) is 0 Å². The van der Waals surface area contributed by atoms with E-state index in [0.29, 0.717) is 23.6 Å². The number of benzene rings is 2. The predicted octanol–water partition coefficient (Wildman–Crippen LogP) is 3.67. The average molecular weight is 461 g/mol. The van der Waals surface area contributed by atoms with Crippen LogP contribution in [0.3, 0.4) is 0 Å². The molecule has 8 nitrogen and oxygen atoms in total. The number of fused-ring (bicyclic) bond motifs is 1. The van der Waals surface area contributed by atoms with Crippen LogP contribution in [0.4, 0.5) is 10.1 Å². The Kier molecular flexibility index (Phi) is 5.61. The Morgan fingerprint density at radius 1 is 1.16 bits per heavy atom. The molecule has 0 saturated heterocycles. The van der Waals surface area contributed by atoms with Crippen LogP contribution < -0.4 is 4.72 Å². The molecule has 11 heteroatoms. The number of hydrogen-bond donors (Lipinski definition) is 2. The SMILES string of the molecule is CN(C)Cc1[nH]nc2nc(-c3ccc(NS(=O)(=O)c4cc(Cl)ccc4F)cc3)ncc12. The van der Waals surface area contributed by atoms with Gasteiger partial charge in [0.15, 0.2) is 11.5 Å². The molecule has 0 aliphatic heterocycles. The van der Waals surface area contributed by atoms with Gasteiger partial charge in [0.25, 0.3) is 10.0 Å². The van der Waals surface area contributed by atoms with Crippen LogP contribution in [0.2, 0.25) is 5.02 Å². The zero-order valence-corrected chi connectivity index (χ0v) is 18.2. The second-order valence-electron chi connectivity index (χ2n) is 7.13. The number of H-pyrrole nitrogens is 1. The largest absolute Gasteiger partial charge is 0.304 e. The van der Waals surface area contributed by atoms with Crippen LogP contribution in [-0.2, 0) is 16.6 Å². The molecule has 0 amide bonds. The molecule has 0 aliphatic rings. The molecule has 2 aromatic heterocycles. The first-order valence-corrected chi connectivity index (χ1v) is 11.0. The van der Waals surface area contributed by atoms with Gasteiger partial charge in [-0.3, -0.25) is 9.82 Å². The third-order valence-corrected chi connectivity index (χ3v) is 6.07. The van der Waals surface area contributed by atoms with Crippen molar-refractivity contribution < 1.29 is 12.8 Å². The minimum absolute atomic E-state index is 0.122. The maximum atomic E-state index is 13.9. The van der Waals surface area contributed by atoms with E-state index in [1.165, 1.54) is 6.07 Å². The molecule has 0 bridgehead atoms. The smallest absolute Gasteiger partial charge is 0.264 e. The Bertz CT molecular complexity index is 1360. The van der Waals surface area contributed by atoms with Crippen molar-refractivity contribution in [2.75, 3.05) is 18.8 Å². The highest BCUT2D eigenvalue weighted by Gasteiger charge is 2.20. The van der Waals surface area contributed by atoms with Crippen LogP contribution >= 0.6 is 11.6 Å². The van der Waals surface area contributed by atoms with Gasteiger partial charge in [0.2, 0.25) is 0 Å². The minimum atomic E-state index is -4.14. The molecule has 160 valence electrons. The van der Waals surface area contributed by atoms with Gasteiger partial charge in [0.05, 0.1) is 11.1 Å². The first kappa shape index (κ1) is 21.2. The van der Waals surface area contributed by atoms with Gasteiger partial charge in [-0.25, -0.2) is 22.8 Å². The zero-order valence-electron chi connectivity index (χ0n) is 16.6. The van der Waals surface area contributed by atoms with Gasteiger partial charge < -0.3 is 4.90 Å². The van der Waals surface area contributed by atoms with Crippen LogP contribution in [0.5, 0.6) is 0 Å². The summed E-state index contributed by atoms with van der Waals surface area (Å²) in [4.78, 5) is 10.4. The summed E-state index contributed by atoms with van der Waals surface area (Å²) in [5.41, 5.74) is 2.40. The maximum Gasteiger partial charge on any atom is 0.264 e. The van der Waals surface area contributed by atoms with E-state index in [4.69, 9.17) is 11.6 Å². The Morgan fingerprint density at radius 2 is 1.90 bits per heavy atom. The Hall–Kier alpha value is -3.08. The highest BCUT2D eigenvalue weighted by atomic mass is 35.5. The number of nitrogens with one attached hydrogen (secondary N) is 2. The van der Waals surface area contributed by atoms with E-state index in [2.05, 4.69) is 24.9 Å². The van der Waals surface area contributed by atoms with Gasteiger partial charge in [-0.1, -0.05) is 11.6 Å². The Balaban J connectivity index is 1.57. The number of aromatic amines is 1. The number of hydrogen-bond acceptors (Lipinski definition) is 6. The fraction of sp³-hybridized carbons (Fsp3) is 0.150. The second kappa shape index (κ2) is 8.22. The van der Waals surface area contributed by atoms with Crippen molar-refractivity contribution >= 4 is 38.3 Å². The lowest BCUT2D eigenvalue weighted by Crippen LogP contribution is -2.14. The van der Waals surface area contributed by atoms with Gasteiger partial charge in [-0.15, -0.1) is 0 Å². The highest BCUT2D eigenvalue weighted by molar-refractivity contribution is 7.92. The zero-order chi connectivity index (χ0) is 22.2. The molecule has 0 saturated carbocycles. The summed E-state index contributed by atoms with van der Waals surface area (Å²) in [6, 6.07) is 9.78. The molecule has 31 heavy (non-hydrogen) atoms. The number of sulfonamides is 1. The summed E-state index contributed by atoms with van der Waals surface area (Å²) in [5.74, 6) is -0.437. The summed E-state index contributed by atoms with van der Waals surface area (Å²) >= 11 is 5.80. The van der Waals surface area contributed by atoms with Crippen LogP contribution in [0.15, 0.2) is 53.6 Å². The standard InChI is InChI=1S/C20H18ClFN6O2S/c1-28(2)11-17-15-10-23-19(24-20(15)26-25-17)12-3-6-14(7-4-12)27-31(29,30)18-9-13(21)5-8-16(18)22/h3-10,27H,11H2,1-2H3,(H,23,24,25,26). The summed E-state index contributed by atoms with van der Waals surface area (Å²) in [5, 5.41) is 8.16. The molecule has 0 fully saturated rings. The summed E-state index contributed by atoms with van der Waals surface area (Å²) in [7, 11) is -0.225. The van der Waals surface area contributed by atoms with Crippen molar-refractivity contribution in [3.8, 4) is 11.4 Å². The van der Waals surface area contributed by atoms with E-state index in [-0.39, 0.29) is 10.7 Å². The lowest BCUT2D eigenvalue weighted by Gasteiger charge is -2.10. The fourth-order valence-electron chi connectivity index (χ4n) is 3.01. The van der Waals surface area contributed by atoms with Gasteiger partial charge in [-0.2, -0.15) is 5.10 Å². The first-order chi connectivity index (χ1) is 14.7. The predicted molar refractivity (Wildman–Crippen MR) is 117 cm³/mol. The quantitative estimate of drug-likeness (QED) is 0.455. The van der Waals surface area contributed by atoms with Crippen molar-refractivity contribution in [1.82, 2.24) is 25.1 Å². The molecule has 0 aliphatic carbocycles. The van der Waals surface area contributed by atoms with Crippen LogP contribution in [0.1, 0.15) is 5.69 Å². The summed E-state index contributed by atoms with van der Waals surface area (Å²) < 4.78 is 41.3. The molecule has 0 spiro atoms. The highest BCUT2D eigenvalue weighted by Crippen LogP contribution is 2.25. The normalized spacial score (nSPS) is 11.9. The van der Waals surface area contributed by atoms with E-state index >= 15 is 0 Å². The Morgan fingerprint density at radius 3 is 2.61 bits per heavy atom. The molecule has 4 rings (SSSR count). The van der Waals surface area contributed by atoms with E-state index in [1.807, 2.05) is 19.0 Å². The average Bonchev–Trinajstić information content (AvgIpc) is 3.11. The monoisotopic (exact) mass is 460 g/mol. The van der Waals surface area contributed by atoms with E-state index in [0.717, 1.165) is 23.2 Å². The lowest BCUT2D eigenvalue weighted by atomic mass is 10.2. The maximum absolute atomic E-state index is 13.9. The Labute approximate surface area is 183 Å². The second-order valence-corrected chi connectivity index (χ2v) is 9.22. The van der Waals surface area contributed by atoms with E-state index < -0.39 is 20.7 Å². The molecular weight excluding hydrogens is 443 g/mol. The molecule has 0 atom stereocenters. The third kappa shape index (κ3) is 4.50. The molecule has 2 N–H and O–H groups in total. The first-order valence-electron chi connectivity index (χ1n) is 9.16. The molecule has 0 unspecified atom stereocenters. The number of nitrogens with zero attached hydrogens (tertiary/aromatic N) is 4. The summed E-state index contributed by atoms with van der Waals surface area (Å²) in [6.07, 6.45) is 1.71. The van der Waals surface area contributed by atoms with Crippen LogP contribution in [-0.4, -0.2) is 47.6 Å². The summed E-state index contributed by atoms with van der Waals surface area (Å²) in [6.45, 7) is 0.682. The van der Waals surface area contributed by atoms with Crippen molar-refractivity contribution in [3.63, 3.8) is 0 Å². The third-order valence-electron chi connectivity index (χ3n) is 4.44. The minimum Gasteiger partial charge on any atom is -0.304 e. The van der Waals surface area contributed by atoms with Crippen molar-refractivity contribution in [1.29, 1.82) is 0 Å². The number of anilines is 1. The number of aromatic nitrogens is 4. The molecule has 2 aromatic carbocycles. The molecular formula is C20H18ClFN6O2S. The molecule has 0 radical (unpaired) electrons.